The average Bonchev–Trinajstić information content (AvgIpc) is 2.84. The summed E-state index contributed by atoms with van der Waals surface area (Å²) in [5, 5.41) is 8.31. The van der Waals surface area contributed by atoms with Crippen LogP contribution in [0.2, 0.25) is 0 Å². The number of amides is 1. The molecule has 0 spiro atoms. The Balaban J connectivity index is 1.35. The molecule has 4 rings (SSSR count). The number of piperidine rings is 1. The first-order valence-corrected chi connectivity index (χ1v) is 10.5. The lowest BCUT2D eigenvalue weighted by atomic mass is 9.96. The summed E-state index contributed by atoms with van der Waals surface area (Å²) in [7, 11) is 3.27. The van der Waals surface area contributed by atoms with Gasteiger partial charge in [0.15, 0.2) is 5.82 Å². The van der Waals surface area contributed by atoms with Gasteiger partial charge in [0.2, 0.25) is 11.8 Å². The van der Waals surface area contributed by atoms with Crippen LogP contribution >= 0.6 is 0 Å². The number of rotatable bonds is 5. The van der Waals surface area contributed by atoms with E-state index in [0.29, 0.717) is 12.4 Å². The molecule has 0 unspecified atom stereocenters. The molecule has 1 atom stereocenters. The van der Waals surface area contributed by atoms with Crippen LogP contribution in [-0.4, -0.2) is 74.5 Å². The first-order chi connectivity index (χ1) is 14.7. The molecule has 160 valence electrons. The van der Waals surface area contributed by atoms with Crippen LogP contribution in [0.5, 0.6) is 11.6 Å². The zero-order valence-electron chi connectivity index (χ0n) is 17.7. The van der Waals surface area contributed by atoms with Gasteiger partial charge in [-0.1, -0.05) is 12.1 Å². The highest BCUT2D eigenvalue weighted by Crippen LogP contribution is 2.29. The molecule has 2 aliphatic heterocycles. The molecule has 30 heavy (non-hydrogen) atoms. The molecule has 1 aromatic carbocycles. The maximum absolute atomic E-state index is 13.2. The third-order valence-electron chi connectivity index (χ3n) is 5.95. The van der Waals surface area contributed by atoms with Crippen LogP contribution in [-0.2, 0) is 4.79 Å². The number of hydrogen-bond donors (Lipinski definition) is 0. The number of aromatic nitrogens is 2. The van der Waals surface area contributed by atoms with Crippen molar-refractivity contribution in [2.24, 2.45) is 5.92 Å². The Labute approximate surface area is 177 Å². The molecule has 2 fully saturated rings. The number of carbonyl (C=O) groups excluding carboxylic acids is 1. The molecular weight excluding hydrogens is 382 g/mol. The Morgan fingerprint density at radius 1 is 0.933 bits per heavy atom. The van der Waals surface area contributed by atoms with Gasteiger partial charge in [0.1, 0.15) is 5.75 Å². The molecule has 2 saturated heterocycles. The second kappa shape index (κ2) is 9.19. The van der Waals surface area contributed by atoms with Gasteiger partial charge < -0.3 is 24.2 Å². The molecule has 1 amide bonds. The quantitative estimate of drug-likeness (QED) is 0.746. The van der Waals surface area contributed by atoms with Crippen molar-refractivity contribution in [1.29, 1.82) is 0 Å². The highest BCUT2D eigenvalue weighted by atomic mass is 16.5. The van der Waals surface area contributed by atoms with Gasteiger partial charge in [0.05, 0.1) is 25.8 Å². The lowest BCUT2D eigenvalue weighted by Crippen LogP contribution is -2.52. The number of nitrogens with zero attached hydrogens (tertiary/aromatic N) is 5. The molecule has 1 aromatic heterocycles. The summed E-state index contributed by atoms with van der Waals surface area (Å²) in [6.45, 7) is 4.67. The van der Waals surface area contributed by atoms with Crippen molar-refractivity contribution in [1.82, 2.24) is 15.1 Å². The van der Waals surface area contributed by atoms with E-state index in [1.54, 1.807) is 14.2 Å². The molecular formula is C22H29N5O3. The molecule has 0 radical (unpaired) electrons. The fraction of sp³-hybridized carbons (Fsp3) is 0.500. The van der Waals surface area contributed by atoms with E-state index in [9.17, 15) is 4.79 Å². The van der Waals surface area contributed by atoms with Gasteiger partial charge in [0, 0.05) is 45.3 Å². The van der Waals surface area contributed by atoms with Crippen LogP contribution in [0, 0.1) is 5.92 Å². The highest BCUT2D eigenvalue weighted by Gasteiger charge is 2.32. The molecule has 2 aliphatic rings. The standard InChI is InChI=1S/C22H29N5O3/c1-29-19-8-4-3-7-18(19)25-12-14-26(15-13-25)22(28)17-6-5-11-27(16-17)20-9-10-21(30-2)24-23-20/h3-4,7-10,17H,5-6,11-16H2,1-2H3/t17-/m0/s1. The number of hydrogen-bond acceptors (Lipinski definition) is 7. The summed E-state index contributed by atoms with van der Waals surface area (Å²) in [5.41, 5.74) is 1.09. The van der Waals surface area contributed by atoms with Crippen molar-refractivity contribution in [2.45, 2.75) is 12.8 Å². The van der Waals surface area contributed by atoms with E-state index in [1.807, 2.05) is 35.2 Å². The van der Waals surface area contributed by atoms with Crippen molar-refractivity contribution in [3.8, 4) is 11.6 Å². The summed E-state index contributed by atoms with van der Waals surface area (Å²) >= 11 is 0. The molecule has 0 bridgehead atoms. The van der Waals surface area contributed by atoms with Gasteiger partial charge in [-0.2, -0.15) is 0 Å². The second-order valence-electron chi connectivity index (χ2n) is 7.70. The van der Waals surface area contributed by atoms with E-state index in [1.165, 1.54) is 0 Å². The Bertz CT molecular complexity index is 852. The van der Waals surface area contributed by atoms with E-state index in [4.69, 9.17) is 9.47 Å². The van der Waals surface area contributed by atoms with Crippen LogP contribution in [0.15, 0.2) is 36.4 Å². The van der Waals surface area contributed by atoms with E-state index < -0.39 is 0 Å². The summed E-state index contributed by atoms with van der Waals surface area (Å²) in [4.78, 5) is 19.7. The van der Waals surface area contributed by atoms with Gasteiger partial charge in [-0.25, -0.2) is 0 Å². The van der Waals surface area contributed by atoms with Crippen LogP contribution in [0.25, 0.3) is 0 Å². The summed E-state index contributed by atoms with van der Waals surface area (Å²) in [6.07, 6.45) is 1.90. The van der Waals surface area contributed by atoms with Gasteiger partial charge in [-0.05, 0) is 31.0 Å². The zero-order valence-corrected chi connectivity index (χ0v) is 17.7. The van der Waals surface area contributed by atoms with Crippen LogP contribution in [0.1, 0.15) is 12.8 Å². The average molecular weight is 412 g/mol. The largest absolute Gasteiger partial charge is 0.495 e. The molecule has 0 N–H and O–H groups in total. The Morgan fingerprint density at radius 3 is 2.43 bits per heavy atom. The normalized spacial score (nSPS) is 19.5. The number of carbonyl (C=O) groups is 1. The van der Waals surface area contributed by atoms with E-state index >= 15 is 0 Å². The molecule has 2 aromatic rings. The molecule has 0 saturated carbocycles. The van der Waals surface area contributed by atoms with Gasteiger partial charge in [-0.3, -0.25) is 4.79 Å². The molecule has 0 aliphatic carbocycles. The Hall–Kier alpha value is -3.03. The third kappa shape index (κ3) is 4.27. The number of anilines is 2. The van der Waals surface area contributed by atoms with Crippen LogP contribution < -0.4 is 19.3 Å². The van der Waals surface area contributed by atoms with Crippen molar-refractivity contribution in [3.63, 3.8) is 0 Å². The lowest BCUT2D eigenvalue weighted by Gasteiger charge is -2.40. The SMILES string of the molecule is COc1ccc(N2CCC[C@H](C(=O)N3CCN(c4ccccc4OC)CC3)C2)nn1. The molecule has 8 heteroatoms. The van der Waals surface area contributed by atoms with Crippen LogP contribution in [0.4, 0.5) is 11.5 Å². The van der Waals surface area contributed by atoms with E-state index in [2.05, 4.69) is 26.1 Å². The minimum absolute atomic E-state index is 0.000429. The number of para-hydroxylation sites is 2. The van der Waals surface area contributed by atoms with Crippen molar-refractivity contribution < 1.29 is 14.3 Å². The topological polar surface area (TPSA) is 71.0 Å². The lowest BCUT2D eigenvalue weighted by molar-refractivity contribution is -0.136. The number of piperazine rings is 1. The van der Waals surface area contributed by atoms with Crippen molar-refractivity contribution in [3.05, 3.63) is 36.4 Å². The monoisotopic (exact) mass is 411 g/mol. The first-order valence-electron chi connectivity index (χ1n) is 10.5. The maximum atomic E-state index is 13.2. The second-order valence-corrected chi connectivity index (χ2v) is 7.70. The summed E-state index contributed by atoms with van der Waals surface area (Å²) < 4.78 is 10.6. The van der Waals surface area contributed by atoms with Gasteiger partial charge >= 0.3 is 0 Å². The van der Waals surface area contributed by atoms with Crippen molar-refractivity contribution in [2.75, 3.05) is 63.3 Å². The van der Waals surface area contributed by atoms with E-state index in [-0.39, 0.29) is 11.8 Å². The minimum atomic E-state index is 0.000429. The van der Waals surface area contributed by atoms with Crippen molar-refractivity contribution >= 4 is 17.4 Å². The van der Waals surface area contributed by atoms with E-state index in [0.717, 1.165) is 62.8 Å². The number of benzene rings is 1. The Kier molecular flexibility index (Phi) is 6.21. The van der Waals surface area contributed by atoms with Gasteiger partial charge in [0.25, 0.3) is 0 Å². The van der Waals surface area contributed by atoms with Crippen LogP contribution in [0.3, 0.4) is 0 Å². The smallest absolute Gasteiger partial charge is 0.233 e. The fourth-order valence-electron chi connectivity index (χ4n) is 4.29. The predicted octanol–water partition coefficient (Wildman–Crippen LogP) is 2.06. The summed E-state index contributed by atoms with van der Waals surface area (Å²) in [6, 6.07) is 11.8. The maximum Gasteiger partial charge on any atom is 0.233 e. The first kappa shape index (κ1) is 20.3. The molecule has 8 nitrogen and oxygen atoms in total. The predicted molar refractivity (Wildman–Crippen MR) is 115 cm³/mol. The Morgan fingerprint density at radius 2 is 1.73 bits per heavy atom. The number of methoxy groups -OCH3 is 2. The fourth-order valence-corrected chi connectivity index (χ4v) is 4.29. The molecule has 3 heterocycles. The highest BCUT2D eigenvalue weighted by molar-refractivity contribution is 5.80. The third-order valence-corrected chi connectivity index (χ3v) is 5.95. The minimum Gasteiger partial charge on any atom is -0.495 e. The number of ether oxygens (including phenoxy) is 2. The summed E-state index contributed by atoms with van der Waals surface area (Å²) in [5.74, 6) is 2.42. The van der Waals surface area contributed by atoms with Gasteiger partial charge in [-0.15, -0.1) is 10.2 Å². The zero-order chi connectivity index (χ0) is 20.9.